The molecule has 1 aliphatic rings. The first-order valence-electron chi connectivity index (χ1n) is 9.29. The lowest BCUT2D eigenvalue weighted by Gasteiger charge is -2.25. The number of carbonyl (C=O) groups excluding carboxylic acids is 2. The van der Waals surface area contributed by atoms with Gasteiger partial charge in [0.15, 0.2) is 11.5 Å². The van der Waals surface area contributed by atoms with E-state index in [0.29, 0.717) is 30.2 Å². The van der Waals surface area contributed by atoms with E-state index in [1.165, 1.54) is 23.3 Å². The molecule has 6 nitrogen and oxygen atoms in total. The van der Waals surface area contributed by atoms with Crippen LogP contribution in [0.1, 0.15) is 37.6 Å². The molecule has 28 heavy (non-hydrogen) atoms. The normalized spacial score (nSPS) is 17.0. The Labute approximate surface area is 163 Å². The second-order valence-corrected chi connectivity index (χ2v) is 6.39. The van der Waals surface area contributed by atoms with E-state index >= 15 is 0 Å². The van der Waals surface area contributed by atoms with Crippen LogP contribution in [0.5, 0.6) is 5.75 Å². The molecule has 0 bridgehead atoms. The molecule has 0 spiro atoms. The zero-order chi connectivity index (χ0) is 20.1. The molecule has 0 saturated heterocycles. The molecule has 1 atom stereocenters. The molecule has 0 radical (unpaired) electrons. The van der Waals surface area contributed by atoms with Crippen molar-refractivity contribution >= 4 is 17.8 Å². The highest BCUT2D eigenvalue weighted by molar-refractivity contribution is 6.14. The molecule has 3 rings (SSSR count). The summed E-state index contributed by atoms with van der Waals surface area (Å²) in [5.74, 6) is -0.338. The van der Waals surface area contributed by atoms with Crippen LogP contribution in [-0.2, 0) is 9.59 Å². The number of amides is 1. The van der Waals surface area contributed by atoms with Crippen molar-refractivity contribution in [3.8, 4) is 5.75 Å². The molecule has 0 aliphatic carbocycles. The van der Waals surface area contributed by atoms with Gasteiger partial charge in [-0.2, -0.15) is 0 Å². The van der Waals surface area contributed by atoms with Crippen LogP contribution in [0.4, 0.5) is 0 Å². The Kier molecular flexibility index (Phi) is 5.99. The standard InChI is InChI=1S/C22H23NO5/c1-3-12-27-17-8-5-7-15(14-17)20-19(21(25)22(26)23(20)4-2)18(24)11-10-16-9-6-13-28-16/h5-11,13-14,20,25H,3-4,12H2,1-2H3/b11-10+. The van der Waals surface area contributed by atoms with Crippen LogP contribution >= 0.6 is 0 Å². The molecule has 0 fully saturated rings. The number of ether oxygens (including phenoxy) is 1. The highest BCUT2D eigenvalue weighted by Gasteiger charge is 2.42. The lowest BCUT2D eigenvalue weighted by Crippen LogP contribution is -2.30. The van der Waals surface area contributed by atoms with E-state index in [4.69, 9.17) is 9.15 Å². The fraction of sp³-hybridized carbons (Fsp3) is 0.273. The van der Waals surface area contributed by atoms with Crippen LogP contribution in [0.15, 0.2) is 64.5 Å². The fourth-order valence-corrected chi connectivity index (χ4v) is 3.21. The van der Waals surface area contributed by atoms with Gasteiger partial charge in [-0.15, -0.1) is 0 Å². The second-order valence-electron chi connectivity index (χ2n) is 6.39. The molecule has 6 heteroatoms. The Morgan fingerprint density at radius 2 is 2.11 bits per heavy atom. The molecular weight excluding hydrogens is 358 g/mol. The molecule has 2 heterocycles. The van der Waals surface area contributed by atoms with Crippen molar-refractivity contribution < 1.29 is 23.8 Å². The minimum Gasteiger partial charge on any atom is -0.503 e. The van der Waals surface area contributed by atoms with Crippen molar-refractivity contribution in [2.24, 2.45) is 0 Å². The van der Waals surface area contributed by atoms with Gasteiger partial charge in [0.2, 0.25) is 0 Å². The zero-order valence-electron chi connectivity index (χ0n) is 15.9. The number of nitrogens with zero attached hydrogens (tertiary/aromatic N) is 1. The van der Waals surface area contributed by atoms with Gasteiger partial charge in [-0.25, -0.2) is 0 Å². The topological polar surface area (TPSA) is 80.0 Å². The predicted octanol–water partition coefficient (Wildman–Crippen LogP) is 4.07. The van der Waals surface area contributed by atoms with Crippen LogP contribution in [0.25, 0.3) is 6.08 Å². The van der Waals surface area contributed by atoms with E-state index < -0.39 is 23.5 Å². The molecule has 1 unspecified atom stereocenters. The van der Waals surface area contributed by atoms with Gasteiger partial charge >= 0.3 is 0 Å². The number of likely N-dealkylation sites (N-methyl/N-ethyl adjacent to an activating group) is 1. The van der Waals surface area contributed by atoms with Gasteiger partial charge in [0.05, 0.1) is 24.5 Å². The van der Waals surface area contributed by atoms with Gasteiger partial charge in [0, 0.05) is 6.54 Å². The first kappa shape index (κ1) is 19.5. The quantitative estimate of drug-likeness (QED) is 0.698. The highest BCUT2D eigenvalue weighted by atomic mass is 16.5. The number of benzene rings is 1. The van der Waals surface area contributed by atoms with Crippen molar-refractivity contribution in [2.75, 3.05) is 13.2 Å². The summed E-state index contributed by atoms with van der Waals surface area (Å²) in [5, 5.41) is 10.4. The summed E-state index contributed by atoms with van der Waals surface area (Å²) in [7, 11) is 0. The lowest BCUT2D eigenvalue weighted by atomic mass is 9.95. The molecule has 2 aromatic rings. The Morgan fingerprint density at radius 3 is 2.79 bits per heavy atom. The zero-order valence-corrected chi connectivity index (χ0v) is 15.9. The molecule has 1 aromatic heterocycles. The molecular formula is C22H23NO5. The SMILES string of the molecule is CCCOc1cccc(C2C(C(=O)/C=C/c3ccco3)=C(O)C(=O)N2CC)c1. The third-order valence-electron chi connectivity index (χ3n) is 4.50. The van der Waals surface area contributed by atoms with Crippen molar-refractivity contribution in [1.29, 1.82) is 0 Å². The second kappa shape index (κ2) is 8.61. The third-order valence-corrected chi connectivity index (χ3v) is 4.50. The number of rotatable bonds is 8. The number of hydrogen-bond acceptors (Lipinski definition) is 5. The van der Waals surface area contributed by atoms with Crippen LogP contribution in [0, 0.1) is 0 Å². The first-order chi connectivity index (χ1) is 13.6. The summed E-state index contributed by atoms with van der Waals surface area (Å²) in [5.41, 5.74) is 0.768. The average molecular weight is 381 g/mol. The monoisotopic (exact) mass is 381 g/mol. The number of carbonyl (C=O) groups is 2. The Hall–Kier alpha value is -3.28. The first-order valence-corrected chi connectivity index (χ1v) is 9.29. The van der Waals surface area contributed by atoms with Crippen LogP contribution < -0.4 is 4.74 Å². The van der Waals surface area contributed by atoms with Gasteiger partial charge in [-0.1, -0.05) is 19.1 Å². The van der Waals surface area contributed by atoms with Crippen LogP contribution in [-0.4, -0.2) is 34.8 Å². The molecule has 1 amide bonds. The maximum absolute atomic E-state index is 12.8. The number of furan rings is 1. The highest BCUT2D eigenvalue weighted by Crippen LogP contribution is 2.38. The summed E-state index contributed by atoms with van der Waals surface area (Å²) in [6, 6.07) is 10.0. The molecule has 146 valence electrons. The van der Waals surface area contributed by atoms with Crippen molar-refractivity contribution in [3.63, 3.8) is 0 Å². The summed E-state index contributed by atoms with van der Waals surface area (Å²) >= 11 is 0. The minimum absolute atomic E-state index is 0.0577. The number of allylic oxidation sites excluding steroid dienone is 1. The summed E-state index contributed by atoms with van der Waals surface area (Å²) in [4.78, 5) is 26.8. The van der Waals surface area contributed by atoms with E-state index in [-0.39, 0.29) is 5.57 Å². The van der Waals surface area contributed by atoms with Gasteiger partial charge in [-0.05, 0) is 55.3 Å². The van der Waals surface area contributed by atoms with E-state index in [9.17, 15) is 14.7 Å². The minimum atomic E-state index is -0.670. The predicted molar refractivity (Wildman–Crippen MR) is 105 cm³/mol. The number of aliphatic hydroxyl groups is 1. The van der Waals surface area contributed by atoms with E-state index in [0.717, 1.165) is 6.42 Å². The van der Waals surface area contributed by atoms with Crippen LogP contribution in [0.3, 0.4) is 0 Å². The molecule has 0 saturated carbocycles. The average Bonchev–Trinajstić information content (AvgIpc) is 3.31. The van der Waals surface area contributed by atoms with Crippen molar-refractivity contribution in [2.45, 2.75) is 26.3 Å². The van der Waals surface area contributed by atoms with Gasteiger partial charge in [0.1, 0.15) is 11.5 Å². The molecule has 1 aromatic carbocycles. The van der Waals surface area contributed by atoms with Crippen LogP contribution in [0.2, 0.25) is 0 Å². The Bertz CT molecular complexity index is 911. The Balaban J connectivity index is 1.96. The molecule has 1 N–H and O–H groups in total. The lowest BCUT2D eigenvalue weighted by molar-refractivity contribution is -0.129. The van der Waals surface area contributed by atoms with E-state index in [1.54, 1.807) is 18.2 Å². The largest absolute Gasteiger partial charge is 0.503 e. The van der Waals surface area contributed by atoms with Crippen molar-refractivity contribution in [1.82, 2.24) is 4.90 Å². The summed E-state index contributed by atoms with van der Waals surface area (Å²) < 4.78 is 10.9. The maximum atomic E-state index is 12.8. The summed E-state index contributed by atoms with van der Waals surface area (Å²) in [6.45, 7) is 4.75. The fourth-order valence-electron chi connectivity index (χ4n) is 3.21. The van der Waals surface area contributed by atoms with Crippen molar-refractivity contribution in [3.05, 3.63) is 71.4 Å². The van der Waals surface area contributed by atoms with Gasteiger partial charge in [-0.3, -0.25) is 9.59 Å². The number of hydrogen-bond donors (Lipinski definition) is 1. The van der Waals surface area contributed by atoms with E-state index in [2.05, 4.69) is 0 Å². The maximum Gasteiger partial charge on any atom is 0.290 e. The van der Waals surface area contributed by atoms with E-state index in [1.807, 2.05) is 32.0 Å². The Morgan fingerprint density at radius 1 is 1.29 bits per heavy atom. The van der Waals surface area contributed by atoms with Gasteiger partial charge in [0.25, 0.3) is 5.91 Å². The summed E-state index contributed by atoms with van der Waals surface area (Å²) in [6.07, 6.45) is 5.19. The number of ketones is 1. The van der Waals surface area contributed by atoms with Gasteiger partial charge < -0.3 is 19.2 Å². The smallest absolute Gasteiger partial charge is 0.290 e. The molecule has 1 aliphatic heterocycles. The third kappa shape index (κ3) is 3.86. The number of aliphatic hydroxyl groups excluding tert-OH is 1.